The lowest BCUT2D eigenvalue weighted by Crippen LogP contribution is -2.47. The molecule has 0 aromatic carbocycles. The van der Waals surface area contributed by atoms with E-state index in [4.69, 9.17) is 4.74 Å². The maximum Gasteiger partial charge on any atom is 0.311 e. The molecule has 0 spiro atoms. The Labute approximate surface area is 97.4 Å². The Kier molecular flexibility index (Phi) is 5.22. The van der Waals surface area contributed by atoms with Gasteiger partial charge in [0.15, 0.2) is 0 Å². The van der Waals surface area contributed by atoms with Crippen molar-refractivity contribution < 1.29 is 14.6 Å². The molecule has 0 unspecified atom stereocenters. The summed E-state index contributed by atoms with van der Waals surface area (Å²) in [6, 6.07) is 0.430. The molecule has 0 radical (unpaired) electrons. The second-order valence-corrected chi connectivity index (χ2v) is 4.59. The van der Waals surface area contributed by atoms with E-state index in [0.29, 0.717) is 38.6 Å². The highest BCUT2D eigenvalue weighted by Gasteiger charge is 2.40. The molecule has 1 aliphatic rings. The van der Waals surface area contributed by atoms with Crippen LogP contribution in [0.3, 0.4) is 0 Å². The molecule has 0 bridgehead atoms. The van der Waals surface area contributed by atoms with Gasteiger partial charge in [0.05, 0.1) is 5.41 Å². The maximum atomic E-state index is 11.4. The van der Waals surface area contributed by atoms with Crippen molar-refractivity contribution in [3.05, 3.63) is 0 Å². The van der Waals surface area contributed by atoms with Crippen LogP contribution in [0.2, 0.25) is 0 Å². The van der Waals surface area contributed by atoms with Crippen molar-refractivity contribution in [3.8, 4) is 0 Å². The van der Waals surface area contributed by atoms with Gasteiger partial charge in [-0.1, -0.05) is 13.8 Å². The minimum Gasteiger partial charge on any atom is -0.481 e. The molecule has 0 atom stereocenters. The Bertz CT molecular complexity index is 220. The number of hydrogen-bond donors (Lipinski definition) is 2. The van der Waals surface area contributed by atoms with Gasteiger partial charge in [-0.3, -0.25) is 4.79 Å². The summed E-state index contributed by atoms with van der Waals surface area (Å²) >= 11 is 0. The van der Waals surface area contributed by atoms with Gasteiger partial charge >= 0.3 is 5.97 Å². The number of carbonyl (C=O) groups is 1. The molecule has 16 heavy (non-hydrogen) atoms. The van der Waals surface area contributed by atoms with Gasteiger partial charge in [-0.05, 0) is 25.7 Å². The first-order valence-electron chi connectivity index (χ1n) is 6.19. The van der Waals surface area contributed by atoms with Crippen molar-refractivity contribution in [2.24, 2.45) is 5.41 Å². The Morgan fingerprint density at radius 2 is 1.94 bits per heavy atom. The lowest BCUT2D eigenvalue weighted by Gasteiger charge is -2.34. The minimum absolute atomic E-state index is 0.430. The van der Waals surface area contributed by atoms with Crippen LogP contribution in [0.5, 0.6) is 0 Å². The number of aliphatic carboxylic acids is 1. The summed E-state index contributed by atoms with van der Waals surface area (Å²) in [4.78, 5) is 11.4. The van der Waals surface area contributed by atoms with Crippen LogP contribution < -0.4 is 5.32 Å². The van der Waals surface area contributed by atoms with Crippen molar-refractivity contribution in [1.29, 1.82) is 0 Å². The molecule has 1 heterocycles. The predicted octanol–water partition coefficient (Wildman–Crippen LogP) is 1.65. The molecular formula is C12H23NO3. The minimum atomic E-state index is -0.686. The van der Waals surface area contributed by atoms with Gasteiger partial charge < -0.3 is 15.2 Å². The molecule has 94 valence electrons. The lowest BCUT2D eigenvalue weighted by atomic mass is 9.80. The molecule has 0 amide bonds. The molecule has 2 N–H and O–H groups in total. The third kappa shape index (κ3) is 3.19. The molecule has 0 aromatic heterocycles. The monoisotopic (exact) mass is 229 g/mol. The number of carboxylic acid groups (broad SMARTS) is 1. The van der Waals surface area contributed by atoms with Crippen LogP contribution in [-0.4, -0.2) is 36.9 Å². The first-order valence-corrected chi connectivity index (χ1v) is 6.19. The van der Waals surface area contributed by atoms with E-state index in [1.807, 2.05) is 0 Å². The van der Waals surface area contributed by atoms with Crippen molar-refractivity contribution in [1.82, 2.24) is 5.32 Å². The zero-order chi connectivity index (χ0) is 12.0. The zero-order valence-corrected chi connectivity index (χ0v) is 10.3. The summed E-state index contributed by atoms with van der Waals surface area (Å²) < 4.78 is 5.24. The summed E-state index contributed by atoms with van der Waals surface area (Å²) in [5, 5.41) is 12.7. The number of rotatable bonds is 6. The predicted molar refractivity (Wildman–Crippen MR) is 62.5 cm³/mol. The van der Waals surface area contributed by atoms with Gasteiger partial charge in [0, 0.05) is 25.8 Å². The average Bonchev–Trinajstić information content (AvgIpc) is 2.31. The second-order valence-electron chi connectivity index (χ2n) is 4.59. The number of carboxylic acids is 1. The van der Waals surface area contributed by atoms with Crippen molar-refractivity contribution >= 4 is 5.97 Å². The molecule has 4 heteroatoms. The molecule has 1 rings (SSSR count). The highest BCUT2D eigenvalue weighted by molar-refractivity contribution is 5.75. The van der Waals surface area contributed by atoms with Crippen molar-refractivity contribution in [3.63, 3.8) is 0 Å². The summed E-state index contributed by atoms with van der Waals surface area (Å²) in [7, 11) is 0. The van der Waals surface area contributed by atoms with Crippen molar-refractivity contribution in [2.45, 2.75) is 45.6 Å². The van der Waals surface area contributed by atoms with E-state index >= 15 is 0 Å². The topological polar surface area (TPSA) is 58.6 Å². The van der Waals surface area contributed by atoms with Crippen LogP contribution >= 0.6 is 0 Å². The van der Waals surface area contributed by atoms with Crippen LogP contribution in [0.4, 0.5) is 0 Å². The van der Waals surface area contributed by atoms with Gasteiger partial charge in [-0.25, -0.2) is 0 Å². The Morgan fingerprint density at radius 3 is 2.38 bits per heavy atom. The fourth-order valence-electron chi connectivity index (χ4n) is 2.15. The Morgan fingerprint density at radius 1 is 1.38 bits per heavy atom. The molecular weight excluding hydrogens is 206 g/mol. The normalized spacial score (nSPS) is 19.9. The Hall–Kier alpha value is -0.610. The lowest BCUT2D eigenvalue weighted by molar-refractivity contribution is -0.154. The molecule has 4 nitrogen and oxygen atoms in total. The van der Waals surface area contributed by atoms with E-state index in [9.17, 15) is 9.90 Å². The molecule has 1 aliphatic heterocycles. The maximum absolute atomic E-state index is 11.4. The quantitative estimate of drug-likeness (QED) is 0.727. The zero-order valence-electron chi connectivity index (χ0n) is 10.3. The molecule has 1 fully saturated rings. The van der Waals surface area contributed by atoms with E-state index in [-0.39, 0.29) is 0 Å². The number of nitrogens with one attached hydrogen (secondary N) is 1. The SMILES string of the molecule is CCC(CC)NCC1(C(=O)O)CCOCC1. The molecule has 0 saturated carbocycles. The average molecular weight is 229 g/mol. The number of hydrogen-bond acceptors (Lipinski definition) is 3. The summed E-state index contributed by atoms with van der Waals surface area (Å²) in [6.07, 6.45) is 3.33. The van der Waals surface area contributed by atoms with E-state index < -0.39 is 11.4 Å². The molecule has 0 aliphatic carbocycles. The molecule has 0 aromatic rings. The standard InChI is InChI=1S/C12H23NO3/c1-3-10(4-2)13-9-12(11(14)15)5-7-16-8-6-12/h10,13H,3-9H2,1-2H3,(H,14,15). The summed E-state index contributed by atoms with van der Waals surface area (Å²) in [5.74, 6) is -0.686. The molecule has 1 saturated heterocycles. The van der Waals surface area contributed by atoms with Gasteiger partial charge in [-0.2, -0.15) is 0 Å². The third-order valence-corrected chi connectivity index (χ3v) is 3.62. The third-order valence-electron chi connectivity index (χ3n) is 3.62. The smallest absolute Gasteiger partial charge is 0.311 e. The van der Waals surface area contributed by atoms with Crippen LogP contribution in [0.15, 0.2) is 0 Å². The van der Waals surface area contributed by atoms with Gasteiger partial charge in [0.25, 0.3) is 0 Å². The van der Waals surface area contributed by atoms with E-state index in [0.717, 1.165) is 12.8 Å². The summed E-state index contributed by atoms with van der Waals surface area (Å²) in [5.41, 5.74) is -0.610. The summed E-state index contributed by atoms with van der Waals surface area (Å²) in [6.45, 7) is 5.95. The van der Waals surface area contributed by atoms with Gasteiger partial charge in [0.2, 0.25) is 0 Å². The first kappa shape index (κ1) is 13.5. The Balaban J connectivity index is 2.53. The highest BCUT2D eigenvalue weighted by atomic mass is 16.5. The number of ether oxygens (including phenoxy) is 1. The van der Waals surface area contributed by atoms with Crippen LogP contribution in [0.1, 0.15) is 39.5 Å². The van der Waals surface area contributed by atoms with Crippen LogP contribution in [0.25, 0.3) is 0 Å². The second kappa shape index (κ2) is 6.21. The van der Waals surface area contributed by atoms with Crippen LogP contribution in [0, 0.1) is 5.41 Å². The van der Waals surface area contributed by atoms with E-state index in [1.165, 1.54) is 0 Å². The van der Waals surface area contributed by atoms with Crippen molar-refractivity contribution in [2.75, 3.05) is 19.8 Å². The highest BCUT2D eigenvalue weighted by Crippen LogP contribution is 2.30. The van der Waals surface area contributed by atoms with Gasteiger partial charge in [0.1, 0.15) is 0 Å². The van der Waals surface area contributed by atoms with Gasteiger partial charge in [-0.15, -0.1) is 0 Å². The van der Waals surface area contributed by atoms with Crippen LogP contribution in [-0.2, 0) is 9.53 Å². The first-order chi connectivity index (χ1) is 7.64. The fourth-order valence-corrected chi connectivity index (χ4v) is 2.15. The van der Waals surface area contributed by atoms with E-state index in [1.54, 1.807) is 0 Å². The fraction of sp³-hybridized carbons (Fsp3) is 0.917. The van der Waals surface area contributed by atoms with E-state index in [2.05, 4.69) is 19.2 Å². The largest absolute Gasteiger partial charge is 0.481 e.